The number of rotatable bonds is 8. The van der Waals surface area contributed by atoms with Gasteiger partial charge in [0.05, 0.1) is 24.8 Å². The fraction of sp³-hybridized carbons (Fsp3) is 0.438. The molecule has 0 aliphatic carbocycles. The van der Waals surface area contributed by atoms with Gasteiger partial charge >= 0.3 is 5.16 Å². The van der Waals surface area contributed by atoms with Crippen LogP contribution in [0.4, 0.5) is 5.00 Å². The monoisotopic (exact) mass is 352 g/mol. The lowest BCUT2D eigenvalue weighted by atomic mass is 10.2. The molecule has 7 heteroatoms. The van der Waals surface area contributed by atoms with Crippen molar-refractivity contribution in [1.29, 1.82) is 0 Å². The molecule has 0 unspecified atom stereocenters. The Morgan fingerprint density at radius 1 is 1.39 bits per heavy atom. The molecule has 5 nitrogen and oxygen atoms in total. The second-order valence-corrected chi connectivity index (χ2v) is 7.26. The largest absolute Gasteiger partial charge is 0.317 e. The van der Waals surface area contributed by atoms with Crippen molar-refractivity contribution < 1.29 is 14.2 Å². The molecule has 1 amide bonds. The summed E-state index contributed by atoms with van der Waals surface area (Å²) in [7, 11) is 5.71. The number of anilines is 1. The van der Waals surface area contributed by atoms with E-state index in [0.29, 0.717) is 25.0 Å². The first-order valence-corrected chi connectivity index (χ1v) is 9.31. The van der Waals surface area contributed by atoms with Crippen LogP contribution in [-0.2, 0) is 23.7 Å². The summed E-state index contributed by atoms with van der Waals surface area (Å²) in [5, 5.41) is 3.93. The van der Waals surface area contributed by atoms with E-state index >= 15 is 0 Å². The van der Waals surface area contributed by atoms with Gasteiger partial charge in [0.25, 0.3) is 0 Å². The molecular formula is C16H22N3O2S2+. The molecule has 23 heavy (non-hydrogen) atoms. The summed E-state index contributed by atoms with van der Waals surface area (Å²) in [6.07, 6.45) is 5.39. The lowest BCUT2D eigenvalue weighted by molar-refractivity contribution is -0.709. The molecule has 2 aromatic heterocycles. The molecule has 0 aliphatic heterocycles. The number of amides is 1. The summed E-state index contributed by atoms with van der Waals surface area (Å²) in [5.41, 5.74) is 0. The maximum Gasteiger partial charge on any atom is 0.317 e. The van der Waals surface area contributed by atoms with Crippen LogP contribution in [0.2, 0.25) is 0 Å². The normalized spacial score (nSPS) is 10.7. The van der Waals surface area contributed by atoms with Crippen LogP contribution in [0.15, 0.2) is 35.1 Å². The van der Waals surface area contributed by atoms with Gasteiger partial charge in [-0.2, -0.15) is 0 Å². The maximum absolute atomic E-state index is 12.1. The van der Waals surface area contributed by atoms with Gasteiger partial charge in [-0.25, -0.2) is 9.13 Å². The predicted molar refractivity (Wildman–Crippen MR) is 93.9 cm³/mol. The minimum Gasteiger partial charge on any atom is -0.307 e. The second-order valence-electron chi connectivity index (χ2n) is 5.39. The van der Waals surface area contributed by atoms with Crippen molar-refractivity contribution in [3.8, 4) is 0 Å². The molecule has 0 spiro atoms. The number of hydrogen-bond donors (Lipinski definition) is 0. The van der Waals surface area contributed by atoms with Gasteiger partial charge in [-0.1, -0.05) is 0 Å². The van der Waals surface area contributed by atoms with Crippen molar-refractivity contribution in [3.05, 3.63) is 29.9 Å². The van der Waals surface area contributed by atoms with Crippen LogP contribution in [-0.4, -0.2) is 29.1 Å². The van der Waals surface area contributed by atoms with E-state index in [1.54, 1.807) is 11.9 Å². The lowest BCUT2D eigenvalue weighted by Gasteiger charge is -2.14. The third-order valence-electron chi connectivity index (χ3n) is 3.54. The van der Waals surface area contributed by atoms with Crippen LogP contribution in [0.25, 0.3) is 0 Å². The fourth-order valence-electron chi connectivity index (χ4n) is 2.19. The number of nitrogens with zero attached hydrogens (tertiary/aromatic N) is 3. The summed E-state index contributed by atoms with van der Waals surface area (Å²) < 4.78 is 3.99. The average Bonchev–Trinajstić information content (AvgIpc) is 3.15. The van der Waals surface area contributed by atoms with Crippen LogP contribution in [0.3, 0.4) is 0 Å². The molecule has 0 N–H and O–H groups in total. The molecule has 0 aromatic carbocycles. The Morgan fingerprint density at radius 3 is 2.78 bits per heavy atom. The first kappa shape index (κ1) is 17.7. The maximum atomic E-state index is 12.1. The predicted octanol–water partition coefficient (Wildman–Crippen LogP) is 2.41. The smallest absolute Gasteiger partial charge is 0.307 e. The van der Waals surface area contributed by atoms with Gasteiger partial charge in [-0.05, 0) is 35.7 Å². The van der Waals surface area contributed by atoms with Crippen LogP contribution in [0, 0.1) is 0 Å². The van der Waals surface area contributed by atoms with Crippen LogP contribution in [0.5, 0.6) is 0 Å². The molecule has 2 rings (SSSR count). The molecule has 0 fully saturated rings. The molecule has 0 bridgehead atoms. The van der Waals surface area contributed by atoms with E-state index in [0.717, 1.165) is 10.2 Å². The molecule has 2 heterocycles. The topological polar surface area (TPSA) is 46.2 Å². The SMILES string of the molecule is CN(C(=O)CCCC(=O)CSc1n(C)cc[n+]1C)c1cccs1. The molecule has 0 saturated heterocycles. The highest BCUT2D eigenvalue weighted by Crippen LogP contribution is 2.21. The quantitative estimate of drug-likeness (QED) is 0.541. The first-order chi connectivity index (χ1) is 11.0. The highest BCUT2D eigenvalue weighted by atomic mass is 32.2. The lowest BCUT2D eigenvalue weighted by Crippen LogP contribution is -2.29. The summed E-state index contributed by atoms with van der Waals surface area (Å²) in [6, 6.07) is 3.85. The van der Waals surface area contributed by atoms with E-state index in [1.807, 2.05) is 53.1 Å². The van der Waals surface area contributed by atoms with Crippen molar-refractivity contribution in [2.45, 2.75) is 24.4 Å². The highest BCUT2D eigenvalue weighted by molar-refractivity contribution is 7.99. The minimum absolute atomic E-state index is 0.0572. The number of carbonyl (C=O) groups excluding carboxylic acids is 2. The molecule has 2 aromatic rings. The van der Waals surface area contributed by atoms with Crippen molar-refractivity contribution >= 4 is 39.8 Å². The Hall–Kier alpha value is -1.60. The standard InChI is InChI=1S/C16H22N3O2S2/c1-17-9-10-18(2)16(17)23-12-13(20)6-4-7-14(21)19(3)15-8-5-11-22-15/h5,8-11H,4,6-7,12H2,1-3H3/q+1. The van der Waals surface area contributed by atoms with E-state index in [2.05, 4.69) is 0 Å². The van der Waals surface area contributed by atoms with E-state index < -0.39 is 0 Å². The molecular weight excluding hydrogens is 330 g/mol. The Bertz CT molecular complexity index is 645. The van der Waals surface area contributed by atoms with E-state index in [9.17, 15) is 9.59 Å². The van der Waals surface area contributed by atoms with Crippen LogP contribution >= 0.6 is 23.1 Å². The van der Waals surface area contributed by atoms with Crippen LogP contribution in [0.1, 0.15) is 19.3 Å². The molecule has 0 atom stereocenters. The number of ketones is 1. The Balaban J connectivity index is 1.69. The van der Waals surface area contributed by atoms with Gasteiger partial charge in [0, 0.05) is 19.9 Å². The van der Waals surface area contributed by atoms with E-state index in [1.165, 1.54) is 23.1 Å². The minimum atomic E-state index is 0.0572. The van der Waals surface area contributed by atoms with Gasteiger partial charge in [-0.15, -0.1) is 11.3 Å². The van der Waals surface area contributed by atoms with Gasteiger partial charge in [0.15, 0.2) is 0 Å². The van der Waals surface area contributed by atoms with E-state index in [4.69, 9.17) is 0 Å². The Kier molecular flexibility index (Phi) is 6.41. The van der Waals surface area contributed by atoms with Gasteiger partial charge < -0.3 is 4.90 Å². The molecule has 0 radical (unpaired) electrons. The summed E-state index contributed by atoms with van der Waals surface area (Å²) >= 11 is 3.07. The fourth-order valence-corrected chi connectivity index (χ4v) is 3.86. The summed E-state index contributed by atoms with van der Waals surface area (Å²) in [6.45, 7) is 0. The van der Waals surface area contributed by atoms with Crippen molar-refractivity contribution in [2.24, 2.45) is 14.1 Å². The number of carbonyl (C=O) groups is 2. The van der Waals surface area contributed by atoms with Gasteiger partial charge in [0.1, 0.15) is 18.2 Å². The first-order valence-electron chi connectivity index (χ1n) is 7.44. The van der Waals surface area contributed by atoms with E-state index in [-0.39, 0.29) is 11.7 Å². The van der Waals surface area contributed by atoms with Gasteiger partial charge in [0.2, 0.25) is 5.91 Å². The zero-order valence-corrected chi connectivity index (χ0v) is 15.3. The number of hydrogen-bond acceptors (Lipinski definition) is 4. The third-order valence-corrected chi connectivity index (χ3v) is 5.78. The average molecular weight is 353 g/mol. The van der Waals surface area contributed by atoms with Crippen molar-refractivity contribution in [2.75, 3.05) is 17.7 Å². The molecule has 124 valence electrons. The van der Waals surface area contributed by atoms with Crippen LogP contribution < -0.4 is 9.47 Å². The highest BCUT2D eigenvalue weighted by Gasteiger charge is 2.15. The zero-order chi connectivity index (χ0) is 16.8. The second kappa shape index (κ2) is 8.31. The van der Waals surface area contributed by atoms with Crippen molar-refractivity contribution in [3.63, 3.8) is 0 Å². The number of thioether (sulfide) groups is 1. The molecule has 0 aliphatic rings. The number of thiophene rings is 1. The Labute approximate surface area is 144 Å². The third kappa shape index (κ3) is 4.94. The zero-order valence-electron chi connectivity index (χ0n) is 13.7. The molecule has 0 saturated carbocycles. The summed E-state index contributed by atoms with van der Waals surface area (Å²) in [4.78, 5) is 25.7. The number of aromatic nitrogens is 2. The Morgan fingerprint density at radius 2 is 2.17 bits per heavy atom. The number of imidazole rings is 1. The number of aryl methyl sites for hydroxylation is 2. The number of Topliss-reactive ketones (excluding diaryl/α,β-unsaturated/α-hetero) is 1. The summed E-state index contributed by atoms with van der Waals surface area (Å²) in [5.74, 6) is 0.685. The van der Waals surface area contributed by atoms with Gasteiger partial charge in [-0.3, -0.25) is 9.59 Å². The van der Waals surface area contributed by atoms with Crippen molar-refractivity contribution in [1.82, 2.24) is 4.57 Å².